The molecule has 104 valence electrons. The van der Waals surface area contributed by atoms with Gasteiger partial charge in [0.1, 0.15) is 5.75 Å². The fourth-order valence-corrected chi connectivity index (χ4v) is 3.78. The van der Waals surface area contributed by atoms with Crippen LogP contribution in [0, 0.1) is 11.3 Å². The molecule has 3 aromatic rings. The van der Waals surface area contributed by atoms with Crippen LogP contribution in [0.25, 0.3) is 10.2 Å². The molecule has 21 heavy (non-hydrogen) atoms. The summed E-state index contributed by atoms with van der Waals surface area (Å²) in [5, 5.41) is 8.73. The van der Waals surface area contributed by atoms with Crippen LogP contribution in [-0.4, -0.2) is 17.3 Å². The Morgan fingerprint density at radius 3 is 2.71 bits per heavy atom. The van der Waals surface area contributed by atoms with E-state index in [0.717, 1.165) is 21.4 Å². The summed E-state index contributed by atoms with van der Waals surface area (Å²) in [6, 6.07) is 17.4. The van der Waals surface area contributed by atoms with Crippen LogP contribution < -0.4 is 4.74 Å². The van der Waals surface area contributed by atoms with Crippen molar-refractivity contribution in [3.63, 3.8) is 0 Å². The van der Waals surface area contributed by atoms with E-state index in [1.807, 2.05) is 30.3 Å². The Kier molecular flexibility index (Phi) is 4.39. The summed E-state index contributed by atoms with van der Waals surface area (Å²) in [6.07, 6.45) is 0. The molecule has 3 rings (SSSR count). The second-order valence-corrected chi connectivity index (χ2v) is 6.65. The quantitative estimate of drug-likeness (QED) is 0.519. The summed E-state index contributed by atoms with van der Waals surface area (Å²) in [7, 11) is 0. The van der Waals surface area contributed by atoms with Crippen molar-refractivity contribution < 1.29 is 4.74 Å². The van der Waals surface area contributed by atoms with Crippen LogP contribution in [0.2, 0.25) is 0 Å². The zero-order valence-electron chi connectivity index (χ0n) is 11.2. The number of ether oxygens (including phenoxy) is 1. The van der Waals surface area contributed by atoms with Gasteiger partial charge in [-0.1, -0.05) is 23.9 Å². The van der Waals surface area contributed by atoms with E-state index in [1.54, 1.807) is 35.2 Å². The molecule has 0 N–H and O–H groups in total. The third kappa shape index (κ3) is 3.54. The lowest BCUT2D eigenvalue weighted by atomic mass is 10.2. The van der Waals surface area contributed by atoms with Gasteiger partial charge < -0.3 is 4.74 Å². The molecule has 0 fully saturated rings. The van der Waals surface area contributed by atoms with E-state index in [9.17, 15) is 0 Å². The number of hydrogen-bond donors (Lipinski definition) is 0. The number of para-hydroxylation sites is 1. The summed E-state index contributed by atoms with van der Waals surface area (Å²) < 4.78 is 7.93. The highest BCUT2D eigenvalue weighted by Crippen LogP contribution is 2.29. The van der Waals surface area contributed by atoms with E-state index in [4.69, 9.17) is 10.00 Å². The molecule has 0 radical (unpaired) electrons. The van der Waals surface area contributed by atoms with Gasteiger partial charge in [-0.3, -0.25) is 0 Å². The van der Waals surface area contributed by atoms with E-state index < -0.39 is 0 Å². The Balaban J connectivity index is 1.50. The van der Waals surface area contributed by atoms with Gasteiger partial charge in [0.2, 0.25) is 0 Å². The molecule has 0 atom stereocenters. The molecular weight excluding hydrogens is 300 g/mol. The molecule has 2 aromatic carbocycles. The van der Waals surface area contributed by atoms with Crippen LogP contribution in [0.15, 0.2) is 52.9 Å². The van der Waals surface area contributed by atoms with Gasteiger partial charge >= 0.3 is 0 Å². The zero-order valence-corrected chi connectivity index (χ0v) is 12.8. The summed E-state index contributed by atoms with van der Waals surface area (Å²) in [4.78, 5) is 4.57. The van der Waals surface area contributed by atoms with Gasteiger partial charge in [-0.25, -0.2) is 4.98 Å². The van der Waals surface area contributed by atoms with Crippen LogP contribution in [0.1, 0.15) is 5.56 Å². The molecule has 0 amide bonds. The van der Waals surface area contributed by atoms with Crippen LogP contribution in [0.5, 0.6) is 5.75 Å². The lowest BCUT2D eigenvalue weighted by Gasteiger charge is -2.04. The first-order valence-corrected chi connectivity index (χ1v) is 8.27. The minimum Gasteiger partial charge on any atom is -0.493 e. The largest absolute Gasteiger partial charge is 0.493 e. The average molecular weight is 312 g/mol. The Labute approximate surface area is 131 Å². The number of fused-ring (bicyclic) bond motifs is 1. The summed E-state index contributed by atoms with van der Waals surface area (Å²) in [5.74, 6) is 1.64. The second kappa shape index (κ2) is 6.61. The summed E-state index contributed by atoms with van der Waals surface area (Å²) >= 11 is 3.41. The van der Waals surface area contributed by atoms with Crippen LogP contribution in [0.4, 0.5) is 0 Å². The number of benzene rings is 2. The lowest BCUT2D eigenvalue weighted by molar-refractivity contribution is 0.344. The molecule has 0 spiro atoms. The normalized spacial score (nSPS) is 10.4. The van der Waals surface area contributed by atoms with Crippen molar-refractivity contribution in [2.45, 2.75) is 4.34 Å². The van der Waals surface area contributed by atoms with Gasteiger partial charge in [0.15, 0.2) is 4.34 Å². The fraction of sp³-hybridized carbons (Fsp3) is 0.125. The van der Waals surface area contributed by atoms with Gasteiger partial charge in [0.25, 0.3) is 0 Å². The number of thioether (sulfide) groups is 1. The minimum absolute atomic E-state index is 0.618. The number of thiazole rings is 1. The smallest absolute Gasteiger partial charge is 0.151 e. The Bertz CT molecular complexity index is 742. The number of nitrogens with zero attached hydrogens (tertiary/aromatic N) is 2. The van der Waals surface area contributed by atoms with Gasteiger partial charge in [0, 0.05) is 5.75 Å². The van der Waals surface area contributed by atoms with Crippen LogP contribution in [0.3, 0.4) is 0 Å². The van der Waals surface area contributed by atoms with Crippen molar-refractivity contribution in [1.29, 1.82) is 5.26 Å². The second-order valence-electron chi connectivity index (χ2n) is 4.28. The van der Waals surface area contributed by atoms with Crippen LogP contribution in [-0.2, 0) is 0 Å². The maximum Gasteiger partial charge on any atom is 0.151 e. The molecule has 0 aliphatic carbocycles. The molecule has 1 aromatic heterocycles. The van der Waals surface area contributed by atoms with Crippen molar-refractivity contribution in [3.8, 4) is 11.8 Å². The maximum absolute atomic E-state index is 8.73. The van der Waals surface area contributed by atoms with Gasteiger partial charge in [-0.2, -0.15) is 5.26 Å². The fourth-order valence-electron chi connectivity index (χ4n) is 1.83. The molecule has 5 heteroatoms. The number of aromatic nitrogens is 1. The molecule has 0 bridgehead atoms. The van der Waals surface area contributed by atoms with E-state index in [2.05, 4.69) is 17.1 Å². The maximum atomic E-state index is 8.73. The van der Waals surface area contributed by atoms with Gasteiger partial charge in [-0.05, 0) is 36.4 Å². The molecule has 0 aliphatic rings. The third-order valence-electron chi connectivity index (χ3n) is 2.84. The average Bonchev–Trinajstić information content (AvgIpc) is 2.95. The monoisotopic (exact) mass is 312 g/mol. The molecule has 0 aliphatic heterocycles. The molecule has 1 heterocycles. The van der Waals surface area contributed by atoms with Crippen molar-refractivity contribution in [3.05, 3.63) is 54.1 Å². The molecule has 0 saturated heterocycles. The number of rotatable bonds is 5. The SMILES string of the molecule is N#Cc1ccc(OCCSc2nc3ccccc3s2)cc1. The lowest BCUT2D eigenvalue weighted by Crippen LogP contribution is -1.99. The van der Waals surface area contributed by atoms with E-state index in [1.165, 1.54) is 4.70 Å². The van der Waals surface area contributed by atoms with Crippen molar-refractivity contribution in [2.75, 3.05) is 12.4 Å². The van der Waals surface area contributed by atoms with Crippen LogP contribution >= 0.6 is 23.1 Å². The van der Waals surface area contributed by atoms with Crippen molar-refractivity contribution in [2.24, 2.45) is 0 Å². The van der Waals surface area contributed by atoms with Gasteiger partial charge in [-0.15, -0.1) is 11.3 Å². The first-order chi connectivity index (χ1) is 10.3. The molecule has 3 nitrogen and oxygen atoms in total. The predicted molar refractivity (Wildman–Crippen MR) is 87.0 cm³/mol. The van der Waals surface area contributed by atoms with Crippen molar-refractivity contribution in [1.82, 2.24) is 4.98 Å². The zero-order chi connectivity index (χ0) is 14.5. The first-order valence-electron chi connectivity index (χ1n) is 6.46. The highest BCUT2D eigenvalue weighted by Gasteiger charge is 2.03. The summed E-state index contributed by atoms with van der Waals surface area (Å²) in [6.45, 7) is 0.618. The molecular formula is C16H12N2OS2. The van der Waals surface area contributed by atoms with Gasteiger partial charge in [0.05, 0.1) is 28.5 Å². The highest BCUT2D eigenvalue weighted by molar-refractivity contribution is 8.01. The molecule has 0 unspecified atom stereocenters. The predicted octanol–water partition coefficient (Wildman–Crippen LogP) is 4.34. The minimum atomic E-state index is 0.618. The Morgan fingerprint density at radius 1 is 1.14 bits per heavy atom. The summed E-state index contributed by atoms with van der Waals surface area (Å²) in [5.41, 5.74) is 1.70. The van der Waals surface area contributed by atoms with E-state index in [-0.39, 0.29) is 0 Å². The standard InChI is InChI=1S/C16H12N2OS2/c17-11-12-5-7-13(8-6-12)19-9-10-20-16-18-14-3-1-2-4-15(14)21-16/h1-8H,9-10H2. The Morgan fingerprint density at radius 2 is 1.95 bits per heavy atom. The topological polar surface area (TPSA) is 45.9 Å². The van der Waals surface area contributed by atoms with Crippen molar-refractivity contribution >= 4 is 33.3 Å². The number of nitriles is 1. The first kappa shape index (κ1) is 13.9. The highest BCUT2D eigenvalue weighted by atomic mass is 32.2. The van der Waals surface area contributed by atoms with E-state index in [0.29, 0.717) is 12.2 Å². The number of hydrogen-bond acceptors (Lipinski definition) is 5. The molecule has 0 saturated carbocycles. The third-order valence-corrected chi connectivity index (χ3v) is 4.98. The van der Waals surface area contributed by atoms with E-state index >= 15 is 0 Å². The Hall–Kier alpha value is -2.03.